The molecule has 3 aromatic rings. The quantitative estimate of drug-likeness (QED) is 0.667. The normalized spacial score (nSPS) is 11.0. The van der Waals surface area contributed by atoms with Crippen molar-refractivity contribution < 1.29 is 13.2 Å². The second kappa shape index (κ2) is 8.71. The molecule has 0 saturated heterocycles. The van der Waals surface area contributed by atoms with Crippen LogP contribution in [0.25, 0.3) is 0 Å². The van der Waals surface area contributed by atoms with Gasteiger partial charge in [0.1, 0.15) is 0 Å². The summed E-state index contributed by atoms with van der Waals surface area (Å²) < 4.78 is 26.7. The number of anilines is 1. The fraction of sp³-hybridized carbons (Fsp3) is 0.136. The number of nitrogens with one attached hydrogen (secondary N) is 1. The van der Waals surface area contributed by atoms with Gasteiger partial charge in [0, 0.05) is 19.2 Å². The van der Waals surface area contributed by atoms with Gasteiger partial charge in [0.15, 0.2) is 0 Å². The zero-order valence-electron chi connectivity index (χ0n) is 15.6. The Labute approximate surface area is 165 Å². The molecule has 1 N–H and O–H groups in total. The molecule has 0 aromatic heterocycles. The van der Waals surface area contributed by atoms with Crippen LogP contribution in [0.5, 0.6) is 0 Å². The van der Waals surface area contributed by atoms with Crippen LogP contribution >= 0.6 is 0 Å². The maximum atomic E-state index is 12.8. The summed E-state index contributed by atoms with van der Waals surface area (Å²) in [4.78, 5) is 12.7. The zero-order valence-corrected chi connectivity index (χ0v) is 16.4. The lowest BCUT2D eigenvalue weighted by Gasteiger charge is -2.20. The molecule has 0 saturated carbocycles. The lowest BCUT2D eigenvalue weighted by Crippen LogP contribution is -2.28. The maximum Gasteiger partial charge on any atom is 0.264 e. The summed E-state index contributed by atoms with van der Waals surface area (Å²) in [5.41, 5.74) is 1.99. The zero-order chi connectivity index (χ0) is 20.0. The molecule has 0 fully saturated rings. The first kappa shape index (κ1) is 19.6. The van der Waals surface area contributed by atoms with Crippen molar-refractivity contribution in [3.63, 3.8) is 0 Å². The lowest BCUT2D eigenvalue weighted by molar-refractivity contribution is 0.0954. The number of amides is 1. The van der Waals surface area contributed by atoms with E-state index >= 15 is 0 Å². The van der Waals surface area contributed by atoms with E-state index in [1.54, 1.807) is 54.6 Å². The van der Waals surface area contributed by atoms with E-state index in [9.17, 15) is 13.2 Å². The van der Waals surface area contributed by atoms with Gasteiger partial charge in [-0.2, -0.15) is 0 Å². The Morgan fingerprint density at radius 3 is 2.21 bits per heavy atom. The third-order valence-corrected chi connectivity index (χ3v) is 6.22. The Hall–Kier alpha value is -3.12. The van der Waals surface area contributed by atoms with Gasteiger partial charge >= 0.3 is 0 Å². The first-order valence-electron chi connectivity index (χ1n) is 8.94. The maximum absolute atomic E-state index is 12.8. The molecule has 0 radical (unpaired) electrons. The number of nitrogens with zero attached hydrogens (tertiary/aromatic N) is 1. The number of carbonyl (C=O) groups excluding carboxylic acids is 1. The van der Waals surface area contributed by atoms with E-state index in [1.807, 2.05) is 30.3 Å². The Bertz CT molecular complexity index is 1040. The highest BCUT2D eigenvalue weighted by Crippen LogP contribution is 2.22. The fourth-order valence-electron chi connectivity index (χ4n) is 2.80. The number of carbonyl (C=O) groups is 1. The molecular formula is C22H22N2O3S. The summed E-state index contributed by atoms with van der Waals surface area (Å²) >= 11 is 0. The lowest BCUT2D eigenvalue weighted by atomic mass is 10.1. The van der Waals surface area contributed by atoms with Crippen LogP contribution in [-0.2, 0) is 16.4 Å². The van der Waals surface area contributed by atoms with E-state index in [0.717, 1.165) is 12.0 Å². The average Bonchev–Trinajstić information content (AvgIpc) is 2.74. The molecule has 1 amide bonds. The van der Waals surface area contributed by atoms with Crippen molar-refractivity contribution in [1.29, 1.82) is 0 Å². The molecule has 0 bridgehead atoms. The third kappa shape index (κ3) is 4.58. The van der Waals surface area contributed by atoms with Crippen molar-refractivity contribution >= 4 is 21.6 Å². The summed E-state index contributed by atoms with van der Waals surface area (Å²) in [6.07, 6.45) is 0.731. The molecule has 0 heterocycles. The molecule has 5 nitrogen and oxygen atoms in total. The van der Waals surface area contributed by atoms with Gasteiger partial charge in [0.05, 0.1) is 10.6 Å². The predicted octanol–water partition coefficient (Wildman–Crippen LogP) is 3.48. The average molecular weight is 394 g/mol. The predicted molar refractivity (Wildman–Crippen MR) is 111 cm³/mol. The van der Waals surface area contributed by atoms with E-state index < -0.39 is 10.0 Å². The minimum atomic E-state index is -3.69. The van der Waals surface area contributed by atoms with Crippen molar-refractivity contribution in [3.8, 4) is 0 Å². The van der Waals surface area contributed by atoms with Crippen LogP contribution in [0.2, 0.25) is 0 Å². The summed E-state index contributed by atoms with van der Waals surface area (Å²) in [5.74, 6) is -0.233. The summed E-state index contributed by atoms with van der Waals surface area (Å²) in [5, 5.41) is 2.88. The van der Waals surface area contributed by atoms with E-state index in [1.165, 1.54) is 11.4 Å². The van der Waals surface area contributed by atoms with Crippen LogP contribution in [0, 0.1) is 0 Å². The largest absolute Gasteiger partial charge is 0.352 e. The van der Waals surface area contributed by atoms with Crippen LogP contribution < -0.4 is 9.62 Å². The van der Waals surface area contributed by atoms with E-state index in [4.69, 9.17) is 0 Å². The van der Waals surface area contributed by atoms with Gasteiger partial charge in [0.2, 0.25) is 0 Å². The van der Waals surface area contributed by atoms with Crippen molar-refractivity contribution in [3.05, 3.63) is 96.1 Å². The van der Waals surface area contributed by atoms with Crippen molar-refractivity contribution in [2.45, 2.75) is 11.3 Å². The molecule has 28 heavy (non-hydrogen) atoms. The molecule has 0 spiro atoms. The van der Waals surface area contributed by atoms with Crippen molar-refractivity contribution in [2.24, 2.45) is 0 Å². The topological polar surface area (TPSA) is 66.5 Å². The van der Waals surface area contributed by atoms with Crippen molar-refractivity contribution in [1.82, 2.24) is 5.32 Å². The standard InChI is InChI=1S/C22H22N2O3S/c1-24(28(26,27)21-13-6-3-7-14-21)20-12-8-11-19(17-20)22(25)23-16-15-18-9-4-2-5-10-18/h2-14,17H,15-16H2,1H3,(H,23,25). The Kier molecular flexibility index (Phi) is 6.11. The molecular weight excluding hydrogens is 372 g/mol. The number of hydrogen-bond acceptors (Lipinski definition) is 3. The smallest absolute Gasteiger partial charge is 0.264 e. The SMILES string of the molecule is CN(c1cccc(C(=O)NCCc2ccccc2)c1)S(=O)(=O)c1ccccc1. The Morgan fingerprint density at radius 2 is 1.54 bits per heavy atom. The molecule has 144 valence electrons. The first-order valence-corrected chi connectivity index (χ1v) is 10.4. The van der Waals surface area contributed by atoms with Crippen LogP contribution in [0.15, 0.2) is 89.8 Å². The summed E-state index contributed by atoms with van der Waals surface area (Å²) in [7, 11) is -2.20. The molecule has 3 rings (SSSR count). The van der Waals surface area contributed by atoms with Gasteiger partial charge in [-0.3, -0.25) is 9.10 Å². The van der Waals surface area contributed by atoms with E-state index in [-0.39, 0.29) is 10.8 Å². The van der Waals surface area contributed by atoms with Gasteiger partial charge in [0.25, 0.3) is 15.9 Å². The Balaban J connectivity index is 1.70. The fourth-order valence-corrected chi connectivity index (χ4v) is 4.01. The van der Waals surface area contributed by atoms with Crippen LogP contribution in [0.3, 0.4) is 0 Å². The van der Waals surface area contributed by atoms with Crippen molar-refractivity contribution in [2.75, 3.05) is 17.9 Å². The molecule has 0 unspecified atom stereocenters. The van der Waals surface area contributed by atoms with Crippen LogP contribution in [0.4, 0.5) is 5.69 Å². The summed E-state index contributed by atoms with van der Waals surface area (Å²) in [6.45, 7) is 0.505. The number of sulfonamides is 1. The monoisotopic (exact) mass is 394 g/mol. The second-order valence-electron chi connectivity index (χ2n) is 6.33. The minimum Gasteiger partial charge on any atom is -0.352 e. The third-order valence-electron chi connectivity index (χ3n) is 4.42. The Morgan fingerprint density at radius 1 is 0.893 bits per heavy atom. The van der Waals surface area contributed by atoms with Gasteiger partial charge in [-0.25, -0.2) is 8.42 Å². The summed E-state index contributed by atoms with van der Waals surface area (Å²) in [6, 6.07) is 24.7. The minimum absolute atomic E-state index is 0.204. The first-order chi connectivity index (χ1) is 13.5. The molecule has 0 aliphatic rings. The molecule has 3 aromatic carbocycles. The highest BCUT2D eigenvalue weighted by Gasteiger charge is 2.21. The number of rotatable bonds is 7. The number of benzene rings is 3. The molecule has 6 heteroatoms. The molecule has 0 atom stereocenters. The molecule has 0 aliphatic heterocycles. The van der Waals surface area contributed by atoms with Crippen LogP contribution in [-0.4, -0.2) is 27.9 Å². The van der Waals surface area contributed by atoms with Gasteiger partial charge in [-0.1, -0.05) is 54.6 Å². The van der Waals surface area contributed by atoms with Gasteiger partial charge in [-0.15, -0.1) is 0 Å². The van der Waals surface area contributed by atoms with Gasteiger partial charge in [-0.05, 0) is 42.3 Å². The highest BCUT2D eigenvalue weighted by molar-refractivity contribution is 7.92. The van der Waals surface area contributed by atoms with E-state index in [2.05, 4.69) is 5.32 Å². The second-order valence-corrected chi connectivity index (χ2v) is 8.30. The highest BCUT2D eigenvalue weighted by atomic mass is 32.2. The van der Waals surface area contributed by atoms with E-state index in [0.29, 0.717) is 17.8 Å². The number of hydrogen-bond donors (Lipinski definition) is 1. The van der Waals surface area contributed by atoms with Gasteiger partial charge < -0.3 is 5.32 Å². The van der Waals surface area contributed by atoms with Crippen LogP contribution in [0.1, 0.15) is 15.9 Å². The molecule has 0 aliphatic carbocycles.